The van der Waals surface area contributed by atoms with Crippen LogP contribution in [-0.4, -0.2) is 37.0 Å². The summed E-state index contributed by atoms with van der Waals surface area (Å²) in [7, 11) is 0. The molecule has 2 rings (SSSR count). The topological polar surface area (TPSA) is 29.5 Å². The number of ether oxygens (including phenoxy) is 1. The van der Waals surface area contributed by atoms with Gasteiger partial charge in [-0.05, 0) is 0 Å². The molecule has 1 heterocycles. The van der Waals surface area contributed by atoms with Gasteiger partial charge in [-0.3, -0.25) is 4.79 Å². The molecule has 1 saturated heterocycles. The van der Waals surface area contributed by atoms with Gasteiger partial charge in [0.05, 0.1) is 13.2 Å². The summed E-state index contributed by atoms with van der Waals surface area (Å²) in [4.78, 5) is 13.8. The number of nitrogens with zero attached hydrogens (tertiary/aromatic N) is 1. The van der Waals surface area contributed by atoms with Gasteiger partial charge in [-0.2, -0.15) is 0 Å². The lowest BCUT2D eigenvalue weighted by atomic mass is 10.1. The zero-order chi connectivity index (χ0) is 12.1. The first-order chi connectivity index (χ1) is 8.27. The number of halogens is 1. The fourth-order valence-corrected chi connectivity index (χ4v) is 1.93. The van der Waals surface area contributed by atoms with E-state index in [1.807, 2.05) is 23.1 Å². The van der Waals surface area contributed by atoms with Gasteiger partial charge in [0, 0.05) is 24.7 Å². The molecule has 1 aliphatic rings. The summed E-state index contributed by atoms with van der Waals surface area (Å²) < 4.78 is 5.23. The first-order valence-electron chi connectivity index (χ1n) is 5.56. The van der Waals surface area contributed by atoms with E-state index in [-0.39, 0.29) is 5.78 Å². The highest BCUT2D eigenvalue weighted by molar-refractivity contribution is 6.31. The molecule has 0 amide bonds. The summed E-state index contributed by atoms with van der Waals surface area (Å²) in [5.74, 6) is -0.0675. The highest BCUT2D eigenvalue weighted by atomic mass is 35.5. The summed E-state index contributed by atoms with van der Waals surface area (Å²) in [5.41, 5.74) is 0.652. The highest BCUT2D eigenvalue weighted by Gasteiger charge is 2.13. The van der Waals surface area contributed by atoms with Crippen molar-refractivity contribution in [1.29, 1.82) is 0 Å². The Hall–Kier alpha value is -1.32. The summed E-state index contributed by atoms with van der Waals surface area (Å²) in [5, 5.41) is 0.488. The number of benzene rings is 1. The lowest BCUT2D eigenvalue weighted by Crippen LogP contribution is -2.34. The molecule has 0 bridgehead atoms. The first kappa shape index (κ1) is 12.1. The average Bonchev–Trinajstić information content (AvgIpc) is 2.40. The van der Waals surface area contributed by atoms with E-state index in [9.17, 15) is 4.79 Å². The Balaban J connectivity index is 2.05. The second-order valence-corrected chi connectivity index (χ2v) is 4.18. The summed E-state index contributed by atoms with van der Waals surface area (Å²) in [6, 6.07) is 9.11. The molecule has 0 aliphatic carbocycles. The molecular weight excluding hydrogens is 238 g/mol. The zero-order valence-electron chi connectivity index (χ0n) is 9.43. The number of allylic oxidation sites excluding steroid dienone is 1. The number of carbonyl (C=O) groups is 1. The molecule has 0 N–H and O–H groups in total. The second-order valence-electron chi connectivity index (χ2n) is 3.80. The monoisotopic (exact) mass is 251 g/mol. The van der Waals surface area contributed by atoms with E-state index in [1.54, 1.807) is 12.1 Å². The van der Waals surface area contributed by atoms with Crippen LogP contribution in [0.25, 0.3) is 0 Å². The van der Waals surface area contributed by atoms with Crippen LogP contribution < -0.4 is 0 Å². The molecule has 1 aliphatic heterocycles. The van der Waals surface area contributed by atoms with Gasteiger partial charge in [0.2, 0.25) is 0 Å². The van der Waals surface area contributed by atoms with Gasteiger partial charge in [-0.15, -0.1) is 0 Å². The minimum Gasteiger partial charge on any atom is -0.378 e. The van der Waals surface area contributed by atoms with Gasteiger partial charge in [0.25, 0.3) is 0 Å². The van der Waals surface area contributed by atoms with E-state index >= 15 is 0 Å². The van der Waals surface area contributed by atoms with Crippen LogP contribution in [0.4, 0.5) is 0 Å². The van der Waals surface area contributed by atoms with Crippen molar-refractivity contribution in [2.24, 2.45) is 0 Å². The van der Waals surface area contributed by atoms with Crippen molar-refractivity contribution in [3.8, 4) is 0 Å². The van der Waals surface area contributed by atoms with E-state index in [2.05, 4.69) is 0 Å². The fraction of sp³-hybridized carbons (Fsp3) is 0.308. The van der Waals surface area contributed by atoms with Crippen LogP contribution in [0.2, 0.25) is 0 Å². The van der Waals surface area contributed by atoms with Crippen LogP contribution in [0, 0.1) is 0 Å². The van der Waals surface area contributed by atoms with Crippen LogP contribution in [0.3, 0.4) is 0 Å². The summed E-state index contributed by atoms with van der Waals surface area (Å²) >= 11 is 6.12. The van der Waals surface area contributed by atoms with Crippen molar-refractivity contribution in [1.82, 2.24) is 4.90 Å². The molecule has 1 fully saturated rings. The van der Waals surface area contributed by atoms with E-state index in [4.69, 9.17) is 16.3 Å². The van der Waals surface area contributed by atoms with Crippen LogP contribution in [0.1, 0.15) is 10.4 Å². The molecule has 4 heteroatoms. The lowest BCUT2D eigenvalue weighted by molar-refractivity contribution is 0.0570. The van der Waals surface area contributed by atoms with Crippen LogP contribution in [-0.2, 0) is 4.74 Å². The molecule has 0 radical (unpaired) electrons. The van der Waals surface area contributed by atoms with Crippen molar-refractivity contribution in [2.45, 2.75) is 0 Å². The van der Waals surface area contributed by atoms with E-state index in [1.165, 1.54) is 6.08 Å². The smallest absolute Gasteiger partial charge is 0.188 e. The molecule has 3 nitrogen and oxygen atoms in total. The third-order valence-electron chi connectivity index (χ3n) is 2.62. The SMILES string of the molecule is O=C(/C=C(\Cl)N1CCOCC1)c1ccccc1. The number of hydrogen-bond acceptors (Lipinski definition) is 3. The second kappa shape index (κ2) is 5.84. The normalized spacial score (nSPS) is 17.0. The third-order valence-corrected chi connectivity index (χ3v) is 2.97. The maximum Gasteiger partial charge on any atom is 0.188 e. The molecule has 1 aromatic carbocycles. The van der Waals surface area contributed by atoms with Gasteiger partial charge in [-0.1, -0.05) is 41.9 Å². The van der Waals surface area contributed by atoms with Crippen molar-refractivity contribution in [3.05, 3.63) is 47.1 Å². The van der Waals surface area contributed by atoms with Gasteiger partial charge in [0.1, 0.15) is 5.16 Å². The van der Waals surface area contributed by atoms with Crippen LogP contribution >= 0.6 is 11.6 Å². The Bertz CT molecular complexity index is 411. The van der Waals surface area contributed by atoms with Crippen molar-refractivity contribution < 1.29 is 9.53 Å². The Morgan fingerprint density at radius 3 is 2.53 bits per heavy atom. The van der Waals surface area contributed by atoms with Gasteiger partial charge in [0.15, 0.2) is 5.78 Å². The predicted octanol–water partition coefficient (Wildman–Crippen LogP) is 2.28. The molecule has 0 unspecified atom stereocenters. The molecule has 0 spiro atoms. The Morgan fingerprint density at radius 1 is 1.24 bits per heavy atom. The van der Waals surface area contributed by atoms with Gasteiger partial charge >= 0.3 is 0 Å². The van der Waals surface area contributed by atoms with Crippen LogP contribution in [0.5, 0.6) is 0 Å². The third kappa shape index (κ3) is 3.32. The summed E-state index contributed by atoms with van der Waals surface area (Å²) in [6.45, 7) is 2.78. The van der Waals surface area contributed by atoms with Crippen molar-refractivity contribution >= 4 is 17.4 Å². The van der Waals surface area contributed by atoms with Crippen molar-refractivity contribution in [3.63, 3.8) is 0 Å². The van der Waals surface area contributed by atoms with Gasteiger partial charge < -0.3 is 9.64 Å². The predicted molar refractivity (Wildman–Crippen MR) is 67.1 cm³/mol. The number of carbonyl (C=O) groups excluding carboxylic acids is 1. The molecule has 1 aromatic rings. The Morgan fingerprint density at radius 2 is 1.88 bits per heavy atom. The Kier molecular flexibility index (Phi) is 4.18. The number of ketones is 1. The van der Waals surface area contributed by atoms with Gasteiger partial charge in [-0.25, -0.2) is 0 Å². The lowest BCUT2D eigenvalue weighted by Gasteiger charge is -2.27. The van der Waals surface area contributed by atoms with Crippen LogP contribution in [0.15, 0.2) is 41.6 Å². The molecule has 0 aromatic heterocycles. The first-order valence-corrected chi connectivity index (χ1v) is 5.94. The average molecular weight is 252 g/mol. The fourth-order valence-electron chi connectivity index (χ4n) is 1.66. The maximum atomic E-state index is 11.9. The minimum atomic E-state index is -0.0675. The molecule has 0 atom stereocenters. The summed E-state index contributed by atoms with van der Waals surface area (Å²) in [6.07, 6.45) is 1.47. The van der Waals surface area contributed by atoms with E-state index in [0.29, 0.717) is 23.9 Å². The number of rotatable bonds is 3. The molecule has 0 saturated carbocycles. The highest BCUT2D eigenvalue weighted by Crippen LogP contribution is 2.13. The van der Waals surface area contributed by atoms with E-state index in [0.717, 1.165) is 13.1 Å². The molecule has 90 valence electrons. The van der Waals surface area contributed by atoms with E-state index < -0.39 is 0 Å². The molecular formula is C13H14ClNO2. The quantitative estimate of drug-likeness (QED) is 0.469. The molecule has 17 heavy (non-hydrogen) atoms. The minimum absolute atomic E-state index is 0.0675. The Labute approximate surface area is 106 Å². The maximum absolute atomic E-state index is 11.9. The van der Waals surface area contributed by atoms with Crippen molar-refractivity contribution in [2.75, 3.05) is 26.3 Å². The largest absolute Gasteiger partial charge is 0.378 e. The number of hydrogen-bond donors (Lipinski definition) is 0. The number of morpholine rings is 1. The standard InChI is InChI=1S/C13H14ClNO2/c14-13(15-6-8-17-9-7-15)10-12(16)11-4-2-1-3-5-11/h1-5,10H,6-9H2/b13-10+. The zero-order valence-corrected chi connectivity index (χ0v) is 10.2.